The number of hydrogen-bond acceptors (Lipinski definition) is 3. The number of hydrogen-bond donors (Lipinski definition) is 3. The smallest absolute Gasteiger partial charge is 0.323 e. The SMILES string of the molecule is CCC(C)CC(C)NC(=O)N(CC(=O)O)CC(=O)O. The molecule has 0 bridgehead atoms. The van der Waals surface area contributed by atoms with Crippen molar-refractivity contribution in [3.05, 3.63) is 0 Å². The average molecular weight is 274 g/mol. The summed E-state index contributed by atoms with van der Waals surface area (Å²) in [5.74, 6) is -2.06. The maximum atomic E-state index is 11.8. The summed E-state index contributed by atoms with van der Waals surface area (Å²) in [6.45, 7) is 4.64. The second-order valence-electron chi connectivity index (χ2n) is 4.74. The fourth-order valence-corrected chi connectivity index (χ4v) is 1.66. The Kier molecular flexibility index (Phi) is 7.55. The Balaban J connectivity index is 4.45. The number of carboxylic acid groups (broad SMARTS) is 2. The Morgan fingerprint density at radius 2 is 1.58 bits per heavy atom. The first-order valence-electron chi connectivity index (χ1n) is 6.25. The van der Waals surface area contributed by atoms with E-state index in [1.165, 1.54) is 0 Å². The quantitative estimate of drug-likeness (QED) is 0.612. The fourth-order valence-electron chi connectivity index (χ4n) is 1.66. The van der Waals surface area contributed by atoms with Crippen LogP contribution in [-0.4, -0.2) is 52.2 Å². The van der Waals surface area contributed by atoms with E-state index in [1.54, 1.807) is 0 Å². The first-order valence-corrected chi connectivity index (χ1v) is 6.25. The van der Waals surface area contributed by atoms with Crippen molar-refractivity contribution in [2.45, 2.75) is 39.7 Å². The average Bonchev–Trinajstić information content (AvgIpc) is 2.26. The number of urea groups is 1. The molecule has 110 valence electrons. The van der Waals surface area contributed by atoms with Gasteiger partial charge in [-0.05, 0) is 19.3 Å². The number of carboxylic acids is 2. The third-order valence-electron chi connectivity index (χ3n) is 2.76. The van der Waals surface area contributed by atoms with Gasteiger partial charge in [0.15, 0.2) is 0 Å². The lowest BCUT2D eigenvalue weighted by Crippen LogP contribution is -2.48. The van der Waals surface area contributed by atoms with Crippen LogP contribution in [0.3, 0.4) is 0 Å². The van der Waals surface area contributed by atoms with Crippen LogP contribution in [0, 0.1) is 5.92 Å². The van der Waals surface area contributed by atoms with Crippen LogP contribution in [0.15, 0.2) is 0 Å². The van der Waals surface area contributed by atoms with Crippen molar-refractivity contribution in [1.29, 1.82) is 0 Å². The van der Waals surface area contributed by atoms with E-state index in [0.717, 1.165) is 17.7 Å². The lowest BCUT2D eigenvalue weighted by molar-refractivity contribution is -0.140. The second kappa shape index (κ2) is 8.34. The van der Waals surface area contributed by atoms with Gasteiger partial charge in [-0.15, -0.1) is 0 Å². The number of amides is 2. The van der Waals surface area contributed by atoms with Gasteiger partial charge in [0.1, 0.15) is 13.1 Å². The van der Waals surface area contributed by atoms with Gasteiger partial charge in [0.05, 0.1) is 0 Å². The van der Waals surface area contributed by atoms with Gasteiger partial charge in [-0.2, -0.15) is 0 Å². The number of aliphatic carboxylic acids is 2. The van der Waals surface area contributed by atoms with Crippen LogP contribution in [0.2, 0.25) is 0 Å². The third kappa shape index (κ3) is 8.01. The summed E-state index contributed by atoms with van der Waals surface area (Å²) < 4.78 is 0. The molecule has 0 aliphatic heterocycles. The summed E-state index contributed by atoms with van der Waals surface area (Å²) in [4.78, 5) is 33.7. The molecule has 19 heavy (non-hydrogen) atoms. The maximum Gasteiger partial charge on any atom is 0.323 e. The Morgan fingerprint density at radius 1 is 1.11 bits per heavy atom. The standard InChI is InChI=1S/C12H22N2O5/c1-4-8(2)5-9(3)13-12(19)14(6-10(15)16)7-11(17)18/h8-9H,4-7H2,1-3H3,(H,13,19)(H,15,16)(H,17,18). The molecule has 3 N–H and O–H groups in total. The summed E-state index contributed by atoms with van der Waals surface area (Å²) in [7, 11) is 0. The Hall–Kier alpha value is -1.79. The Bertz CT molecular complexity index is 316. The second-order valence-corrected chi connectivity index (χ2v) is 4.74. The molecule has 0 saturated carbocycles. The zero-order valence-corrected chi connectivity index (χ0v) is 11.5. The largest absolute Gasteiger partial charge is 0.480 e. The molecule has 0 radical (unpaired) electrons. The number of carbonyl (C=O) groups excluding carboxylic acids is 1. The van der Waals surface area contributed by atoms with Crippen molar-refractivity contribution in [3.63, 3.8) is 0 Å². The summed E-state index contributed by atoms with van der Waals surface area (Å²) in [6.07, 6.45) is 1.74. The van der Waals surface area contributed by atoms with Gasteiger partial charge < -0.3 is 20.4 Å². The van der Waals surface area contributed by atoms with Crippen molar-refractivity contribution in [3.8, 4) is 0 Å². The molecular formula is C12H22N2O5. The molecule has 0 spiro atoms. The van der Waals surface area contributed by atoms with Crippen molar-refractivity contribution < 1.29 is 24.6 Å². The van der Waals surface area contributed by atoms with E-state index in [1.807, 2.05) is 13.8 Å². The topological polar surface area (TPSA) is 107 Å². The van der Waals surface area contributed by atoms with E-state index in [9.17, 15) is 14.4 Å². The normalized spacial score (nSPS) is 13.4. The van der Waals surface area contributed by atoms with Gasteiger partial charge >= 0.3 is 18.0 Å². The van der Waals surface area contributed by atoms with Gasteiger partial charge in [0, 0.05) is 6.04 Å². The number of carbonyl (C=O) groups is 3. The Morgan fingerprint density at radius 3 is 1.95 bits per heavy atom. The van der Waals surface area contributed by atoms with Crippen molar-refractivity contribution in [1.82, 2.24) is 10.2 Å². The van der Waals surface area contributed by atoms with Crippen molar-refractivity contribution >= 4 is 18.0 Å². The molecule has 7 nitrogen and oxygen atoms in total. The molecular weight excluding hydrogens is 252 g/mol. The predicted octanol–water partition coefficient (Wildman–Crippen LogP) is 0.992. The van der Waals surface area contributed by atoms with Gasteiger partial charge in [-0.25, -0.2) is 4.79 Å². The van der Waals surface area contributed by atoms with Crippen LogP contribution in [-0.2, 0) is 9.59 Å². The zero-order chi connectivity index (χ0) is 15.0. The molecule has 0 aromatic rings. The van der Waals surface area contributed by atoms with E-state index in [-0.39, 0.29) is 6.04 Å². The highest BCUT2D eigenvalue weighted by Crippen LogP contribution is 2.09. The highest BCUT2D eigenvalue weighted by Gasteiger charge is 2.21. The minimum atomic E-state index is -1.24. The monoisotopic (exact) mass is 274 g/mol. The molecule has 7 heteroatoms. The van der Waals surface area contributed by atoms with E-state index in [0.29, 0.717) is 5.92 Å². The molecule has 0 aliphatic rings. The van der Waals surface area contributed by atoms with Gasteiger partial charge in [-0.1, -0.05) is 20.3 Å². The number of nitrogens with zero attached hydrogens (tertiary/aromatic N) is 1. The minimum absolute atomic E-state index is 0.132. The molecule has 0 rings (SSSR count). The Labute approximate surface area is 112 Å². The zero-order valence-electron chi connectivity index (χ0n) is 11.5. The molecule has 2 unspecified atom stereocenters. The van der Waals surface area contributed by atoms with Gasteiger partial charge in [0.25, 0.3) is 0 Å². The van der Waals surface area contributed by atoms with Gasteiger partial charge in [-0.3, -0.25) is 9.59 Å². The van der Waals surface area contributed by atoms with E-state index in [4.69, 9.17) is 10.2 Å². The van der Waals surface area contributed by atoms with Crippen molar-refractivity contribution in [2.75, 3.05) is 13.1 Å². The molecule has 0 aliphatic carbocycles. The molecule has 2 atom stereocenters. The number of nitrogens with one attached hydrogen (secondary N) is 1. The summed E-state index contributed by atoms with van der Waals surface area (Å²) in [6, 6.07) is -0.798. The maximum absolute atomic E-state index is 11.8. The van der Waals surface area contributed by atoms with Crippen molar-refractivity contribution in [2.24, 2.45) is 5.92 Å². The number of rotatable bonds is 8. The van der Waals surface area contributed by atoms with Crippen LogP contribution >= 0.6 is 0 Å². The summed E-state index contributed by atoms with van der Waals surface area (Å²) >= 11 is 0. The summed E-state index contributed by atoms with van der Waals surface area (Å²) in [5.41, 5.74) is 0. The van der Waals surface area contributed by atoms with Gasteiger partial charge in [0.2, 0.25) is 0 Å². The van der Waals surface area contributed by atoms with E-state index >= 15 is 0 Å². The third-order valence-corrected chi connectivity index (χ3v) is 2.76. The summed E-state index contributed by atoms with van der Waals surface area (Å²) in [5, 5.41) is 19.9. The van der Waals surface area contributed by atoms with Crippen LogP contribution < -0.4 is 5.32 Å². The van der Waals surface area contributed by atoms with Crippen LogP contribution in [0.25, 0.3) is 0 Å². The van der Waals surface area contributed by atoms with E-state index in [2.05, 4.69) is 12.2 Å². The molecule has 0 saturated heterocycles. The lowest BCUT2D eigenvalue weighted by atomic mass is 10.0. The predicted molar refractivity (Wildman–Crippen MR) is 68.9 cm³/mol. The first-order chi connectivity index (χ1) is 8.76. The van der Waals surface area contributed by atoms with E-state index < -0.39 is 31.1 Å². The molecule has 0 heterocycles. The van der Waals surface area contributed by atoms with Crippen LogP contribution in [0.5, 0.6) is 0 Å². The minimum Gasteiger partial charge on any atom is -0.480 e. The highest BCUT2D eigenvalue weighted by molar-refractivity contribution is 5.84. The fraction of sp³-hybridized carbons (Fsp3) is 0.750. The highest BCUT2D eigenvalue weighted by atomic mass is 16.4. The lowest BCUT2D eigenvalue weighted by Gasteiger charge is -2.23. The molecule has 0 aromatic heterocycles. The molecule has 0 aromatic carbocycles. The molecule has 2 amide bonds. The first kappa shape index (κ1) is 17.2. The van der Waals surface area contributed by atoms with Crippen LogP contribution in [0.4, 0.5) is 4.79 Å². The van der Waals surface area contributed by atoms with Crippen LogP contribution in [0.1, 0.15) is 33.6 Å². The molecule has 0 fully saturated rings.